The third-order valence-corrected chi connectivity index (χ3v) is 6.33. The summed E-state index contributed by atoms with van der Waals surface area (Å²) in [6.07, 6.45) is 1.79. The fourth-order valence-corrected chi connectivity index (χ4v) is 4.30. The zero-order chi connectivity index (χ0) is 24.8. The molecule has 0 atom stereocenters. The van der Waals surface area contributed by atoms with Gasteiger partial charge in [-0.1, -0.05) is 76.2 Å². The van der Waals surface area contributed by atoms with Crippen molar-refractivity contribution in [2.24, 2.45) is 5.92 Å². The van der Waals surface area contributed by atoms with Gasteiger partial charge in [0, 0.05) is 44.6 Å². The number of para-hydroxylation sites is 1. The van der Waals surface area contributed by atoms with Crippen LogP contribution in [-0.4, -0.2) is 42.0 Å². The van der Waals surface area contributed by atoms with E-state index >= 15 is 0 Å². The van der Waals surface area contributed by atoms with Crippen molar-refractivity contribution >= 4 is 23.2 Å². The Morgan fingerprint density at radius 3 is 2.29 bits per heavy atom. The number of piperazine rings is 1. The summed E-state index contributed by atoms with van der Waals surface area (Å²) in [6, 6.07) is 20.7. The Morgan fingerprint density at radius 2 is 1.60 bits per heavy atom. The van der Waals surface area contributed by atoms with Crippen molar-refractivity contribution in [3.8, 4) is 5.75 Å². The number of carbonyl (C=O) groups excluding carboxylic acids is 1. The Bertz CT molecular complexity index is 1120. The number of esters is 1. The fourth-order valence-electron chi connectivity index (χ4n) is 4.30. The maximum Gasteiger partial charge on any atom is 0.313 e. The minimum absolute atomic E-state index is 0.235. The van der Waals surface area contributed by atoms with E-state index in [1.165, 1.54) is 11.1 Å². The van der Waals surface area contributed by atoms with E-state index in [0.29, 0.717) is 17.5 Å². The van der Waals surface area contributed by atoms with Gasteiger partial charge in [0.05, 0.1) is 11.6 Å². The standard InChI is InChI=1S/C29H36N4O2/c1-21(2)24-12-8-9-13-25(24)31-26-14-15-30-28(27(26)35-29(34)22(3)4)33-18-16-32(17-19-33)20-23-10-6-5-7-11-23/h5-15,21-22H,16-20H2,1-4H3,(H,30,31). The van der Waals surface area contributed by atoms with Crippen molar-refractivity contribution in [3.63, 3.8) is 0 Å². The highest BCUT2D eigenvalue weighted by Crippen LogP contribution is 2.38. The summed E-state index contributed by atoms with van der Waals surface area (Å²) in [4.78, 5) is 22.0. The van der Waals surface area contributed by atoms with Gasteiger partial charge in [0.1, 0.15) is 0 Å². The number of aromatic nitrogens is 1. The number of benzene rings is 2. The minimum Gasteiger partial charge on any atom is -0.420 e. The van der Waals surface area contributed by atoms with E-state index < -0.39 is 0 Å². The minimum atomic E-state index is -0.262. The lowest BCUT2D eigenvalue weighted by Gasteiger charge is -2.36. The van der Waals surface area contributed by atoms with E-state index in [9.17, 15) is 4.79 Å². The van der Waals surface area contributed by atoms with Crippen molar-refractivity contribution in [2.75, 3.05) is 36.4 Å². The summed E-state index contributed by atoms with van der Waals surface area (Å²) < 4.78 is 5.97. The van der Waals surface area contributed by atoms with Crippen LogP contribution in [0.4, 0.5) is 17.2 Å². The van der Waals surface area contributed by atoms with Gasteiger partial charge in [-0.05, 0) is 29.2 Å². The summed E-state index contributed by atoms with van der Waals surface area (Å²) in [5.74, 6) is 1.08. The van der Waals surface area contributed by atoms with Crippen LogP contribution >= 0.6 is 0 Å². The molecule has 0 spiro atoms. The van der Waals surface area contributed by atoms with Crippen LogP contribution in [-0.2, 0) is 11.3 Å². The maximum absolute atomic E-state index is 12.7. The van der Waals surface area contributed by atoms with Gasteiger partial charge in [-0.15, -0.1) is 0 Å². The van der Waals surface area contributed by atoms with Gasteiger partial charge in [-0.3, -0.25) is 9.69 Å². The largest absolute Gasteiger partial charge is 0.420 e. The fraction of sp³-hybridized carbons (Fsp3) is 0.379. The molecule has 6 heteroatoms. The molecule has 35 heavy (non-hydrogen) atoms. The molecule has 184 valence electrons. The molecule has 0 bridgehead atoms. The van der Waals surface area contributed by atoms with Crippen LogP contribution < -0.4 is 15.0 Å². The zero-order valence-electron chi connectivity index (χ0n) is 21.2. The quantitative estimate of drug-likeness (QED) is 0.416. The molecule has 1 aromatic heterocycles. The van der Waals surface area contributed by atoms with Gasteiger partial charge in [0.25, 0.3) is 0 Å². The lowest BCUT2D eigenvalue weighted by molar-refractivity contribution is -0.137. The molecule has 1 fully saturated rings. The molecular weight excluding hydrogens is 436 g/mol. The number of ether oxygens (including phenoxy) is 1. The second-order valence-corrected chi connectivity index (χ2v) is 9.70. The highest BCUT2D eigenvalue weighted by atomic mass is 16.5. The van der Waals surface area contributed by atoms with Crippen molar-refractivity contribution in [2.45, 2.75) is 40.2 Å². The summed E-state index contributed by atoms with van der Waals surface area (Å²) in [6.45, 7) is 12.5. The Hall–Kier alpha value is -3.38. The monoisotopic (exact) mass is 472 g/mol. The van der Waals surface area contributed by atoms with Crippen molar-refractivity contribution in [1.82, 2.24) is 9.88 Å². The van der Waals surface area contributed by atoms with E-state index in [1.54, 1.807) is 6.20 Å². The van der Waals surface area contributed by atoms with E-state index in [4.69, 9.17) is 4.74 Å². The van der Waals surface area contributed by atoms with E-state index in [2.05, 4.69) is 70.3 Å². The van der Waals surface area contributed by atoms with Crippen LogP contribution in [0.1, 0.15) is 44.7 Å². The van der Waals surface area contributed by atoms with Gasteiger partial charge >= 0.3 is 5.97 Å². The third kappa shape index (κ3) is 6.20. The Morgan fingerprint density at radius 1 is 0.914 bits per heavy atom. The van der Waals surface area contributed by atoms with Crippen LogP contribution in [0, 0.1) is 5.92 Å². The van der Waals surface area contributed by atoms with Crippen LogP contribution in [0.3, 0.4) is 0 Å². The number of rotatable bonds is 8. The molecule has 1 N–H and O–H groups in total. The van der Waals surface area contributed by atoms with Gasteiger partial charge in [0.15, 0.2) is 11.6 Å². The summed E-state index contributed by atoms with van der Waals surface area (Å²) in [7, 11) is 0. The lowest BCUT2D eigenvalue weighted by Crippen LogP contribution is -2.46. The van der Waals surface area contributed by atoms with E-state index in [1.807, 2.05) is 38.1 Å². The lowest BCUT2D eigenvalue weighted by atomic mass is 10.0. The molecule has 0 unspecified atom stereocenters. The zero-order valence-corrected chi connectivity index (χ0v) is 21.2. The van der Waals surface area contributed by atoms with Crippen molar-refractivity contribution in [1.29, 1.82) is 0 Å². The smallest absolute Gasteiger partial charge is 0.313 e. The molecule has 2 heterocycles. The Kier molecular flexibility index (Phi) is 8.03. The topological polar surface area (TPSA) is 57.7 Å². The van der Waals surface area contributed by atoms with Crippen LogP contribution in [0.2, 0.25) is 0 Å². The molecule has 0 amide bonds. The highest BCUT2D eigenvalue weighted by Gasteiger charge is 2.25. The molecule has 0 radical (unpaired) electrons. The normalized spacial score (nSPS) is 14.4. The SMILES string of the molecule is CC(C)C(=O)Oc1c(Nc2ccccc2C(C)C)ccnc1N1CCN(Cc2ccccc2)CC1. The predicted molar refractivity (Wildman–Crippen MR) is 142 cm³/mol. The molecule has 6 nitrogen and oxygen atoms in total. The molecule has 0 aliphatic carbocycles. The van der Waals surface area contributed by atoms with Gasteiger partial charge in [-0.2, -0.15) is 0 Å². The third-order valence-electron chi connectivity index (χ3n) is 6.33. The highest BCUT2D eigenvalue weighted by molar-refractivity contribution is 5.82. The first-order chi connectivity index (χ1) is 16.9. The number of hydrogen-bond acceptors (Lipinski definition) is 6. The maximum atomic E-state index is 12.7. The van der Waals surface area contributed by atoms with Crippen LogP contribution in [0.5, 0.6) is 5.75 Å². The second-order valence-electron chi connectivity index (χ2n) is 9.70. The van der Waals surface area contributed by atoms with Gasteiger partial charge in [0.2, 0.25) is 0 Å². The number of anilines is 3. The van der Waals surface area contributed by atoms with Gasteiger partial charge < -0.3 is 15.0 Å². The molecule has 0 saturated carbocycles. The van der Waals surface area contributed by atoms with E-state index in [0.717, 1.165) is 44.1 Å². The first-order valence-electron chi connectivity index (χ1n) is 12.5. The summed E-state index contributed by atoms with van der Waals surface area (Å²) in [5, 5.41) is 3.53. The Balaban J connectivity index is 1.58. The molecule has 2 aromatic carbocycles. The number of pyridine rings is 1. The number of carbonyl (C=O) groups is 1. The average molecular weight is 473 g/mol. The van der Waals surface area contributed by atoms with Gasteiger partial charge in [-0.25, -0.2) is 4.98 Å². The first-order valence-corrected chi connectivity index (χ1v) is 12.5. The van der Waals surface area contributed by atoms with E-state index in [-0.39, 0.29) is 11.9 Å². The summed E-state index contributed by atoms with van der Waals surface area (Å²) in [5.41, 5.74) is 4.29. The van der Waals surface area contributed by atoms with Crippen LogP contribution in [0.15, 0.2) is 66.9 Å². The molecule has 3 aromatic rings. The first kappa shape index (κ1) is 24.7. The number of hydrogen-bond donors (Lipinski definition) is 1. The molecule has 4 rings (SSSR count). The molecular formula is C29H36N4O2. The number of nitrogens with zero attached hydrogens (tertiary/aromatic N) is 3. The molecule has 1 aliphatic heterocycles. The second kappa shape index (κ2) is 11.4. The Labute approximate surface area is 208 Å². The number of nitrogens with one attached hydrogen (secondary N) is 1. The average Bonchev–Trinajstić information content (AvgIpc) is 2.86. The summed E-state index contributed by atoms with van der Waals surface area (Å²) >= 11 is 0. The van der Waals surface area contributed by atoms with Crippen molar-refractivity contribution in [3.05, 3.63) is 78.0 Å². The molecule has 1 aliphatic rings. The molecule has 1 saturated heterocycles. The predicted octanol–water partition coefficient (Wildman–Crippen LogP) is 5.83. The van der Waals surface area contributed by atoms with Crippen molar-refractivity contribution < 1.29 is 9.53 Å². The van der Waals surface area contributed by atoms with Crippen LogP contribution in [0.25, 0.3) is 0 Å².